The summed E-state index contributed by atoms with van der Waals surface area (Å²) in [5.74, 6) is -0.290. The summed E-state index contributed by atoms with van der Waals surface area (Å²) in [7, 11) is -3.68. The third-order valence-corrected chi connectivity index (χ3v) is 3.20. The van der Waals surface area contributed by atoms with Gasteiger partial charge in [0.15, 0.2) is 0 Å². The van der Waals surface area contributed by atoms with Crippen LogP contribution in [0.3, 0.4) is 0 Å². The Morgan fingerprint density at radius 3 is 2.27 bits per heavy atom. The molecule has 126 valence electrons. The van der Waals surface area contributed by atoms with Gasteiger partial charge in [0.05, 0.1) is 25.4 Å². The number of nitrogens with zero attached hydrogens (tertiary/aromatic N) is 1. The highest BCUT2D eigenvalue weighted by molar-refractivity contribution is 7.81. The monoisotopic (exact) mass is 333 g/mol. The van der Waals surface area contributed by atoms with Crippen LogP contribution in [0.15, 0.2) is 24.5 Å². The first-order valence-electron chi connectivity index (χ1n) is 7.07. The number of carbonyl (C=O) groups is 1. The van der Waals surface area contributed by atoms with Gasteiger partial charge in [-0.3, -0.25) is 4.98 Å². The standard InChI is InChI=1S/C10H13NO2.C4H10O4S/c1-2-3-7-13-10(12)9-5-4-6-11-8-9;1-3-7-9(5,6)8-4-2/h4-6,8H,2-3,7H2,1H3;3-4H2,1-2H3. The number of hydrogen-bond donors (Lipinski definition) is 0. The van der Waals surface area contributed by atoms with Gasteiger partial charge in [-0.05, 0) is 32.4 Å². The second-order valence-electron chi connectivity index (χ2n) is 3.95. The van der Waals surface area contributed by atoms with Gasteiger partial charge in [0.1, 0.15) is 0 Å². The number of carbonyl (C=O) groups excluding carboxylic acids is 1. The lowest BCUT2D eigenvalue weighted by atomic mass is 10.3. The van der Waals surface area contributed by atoms with Crippen LogP contribution < -0.4 is 0 Å². The molecule has 0 aliphatic rings. The maximum atomic E-state index is 11.3. The van der Waals surface area contributed by atoms with Crippen molar-refractivity contribution < 1.29 is 26.3 Å². The van der Waals surface area contributed by atoms with Gasteiger partial charge in [-0.25, -0.2) is 13.2 Å². The second-order valence-corrected chi connectivity index (χ2v) is 5.24. The van der Waals surface area contributed by atoms with Gasteiger partial charge >= 0.3 is 16.4 Å². The quantitative estimate of drug-likeness (QED) is 0.532. The van der Waals surface area contributed by atoms with E-state index in [0.29, 0.717) is 12.2 Å². The molecule has 0 saturated heterocycles. The lowest BCUT2D eigenvalue weighted by Crippen LogP contribution is -2.09. The highest BCUT2D eigenvalue weighted by atomic mass is 32.3. The van der Waals surface area contributed by atoms with Crippen LogP contribution in [0.1, 0.15) is 44.0 Å². The van der Waals surface area contributed by atoms with E-state index >= 15 is 0 Å². The molecule has 1 aromatic rings. The van der Waals surface area contributed by atoms with E-state index in [1.807, 2.05) is 0 Å². The summed E-state index contributed by atoms with van der Waals surface area (Å²) >= 11 is 0. The van der Waals surface area contributed by atoms with Crippen molar-refractivity contribution in [2.45, 2.75) is 33.6 Å². The fourth-order valence-electron chi connectivity index (χ4n) is 1.20. The first kappa shape index (κ1) is 20.5. The molecule has 0 radical (unpaired) electrons. The minimum atomic E-state index is -3.68. The van der Waals surface area contributed by atoms with Crippen LogP contribution in [-0.4, -0.2) is 39.2 Å². The third kappa shape index (κ3) is 10.3. The van der Waals surface area contributed by atoms with Crippen LogP contribution in [0, 0.1) is 0 Å². The molecule has 0 aromatic carbocycles. The maximum Gasteiger partial charge on any atom is 0.399 e. The molecule has 0 spiro atoms. The van der Waals surface area contributed by atoms with Crippen molar-refractivity contribution >= 4 is 16.4 Å². The number of pyridine rings is 1. The Kier molecular flexibility index (Phi) is 11.2. The Hall–Kier alpha value is -1.51. The normalized spacial score (nSPS) is 10.5. The summed E-state index contributed by atoms with van der Waals surface area (Å²) < 4.78 is 34.2. The minimum absolute atomic E-state index is 0.113. The van der Waals surface area contributed by atoms with Crippen molar-refractivity contribution in [2.24, 2.45) is 0 Å². The molecule has 0 amide bonds. The van der Waals surface area contributed by atoms with Gasteiger partial charge in [0, 0.05) is 12.4 Å². The Balaban J connectivity index is 0.000000433. The van der Waals surface area contributed by atoms with E-state index in [-0.39, 0.29) is 19.2 Å². The number of hydrogen-bond acceptors (Lipinski definition) is 7. The molecule has 1 rings (SSSR count). The molecular formula is C14H23NO6S. The average Bonchev–Trinajstić information content (AvgIpc) is 2.49. The minimum Gasteiger partial charge on any atom is -0.462 e. The van der Waals surface area contributed by atoms with Gasteiger partial charge < -0.3 is 4.74 Å². The summed E-state index contributed by atoms with van der Waals surface area (Å²) in [4.78, 5) is 15.1. The van der Waals surface area contributed by atoms with E-state index in [2.05, 4.69) is 20.3 Å². The Bertz CT molecular complexity index is 491. The second kappa shape index (κ2) is 12.1. The van der Waals surface area contributed by atoms with Crippen molar-refractivity contribution in [3.63, 3.8) is 0 Å². The number of unbranched alkanes of at least 4 members (excludes halogenated alkanes) is 1. The lowest BCUT2D eigenvalue weighted by Gasteiger charge is -2.02. The summed E-state index contributed by atoms with van der Waals surface area (Å²) in [5.41, 5.74) is 0.513. The molecule has 0 aliphatic carbocycles. The molecule has 0 N–H and O–H groups in total. The molecule has 1 aromatic heterocycles. The smallest absolute Gasteiger partial charge is 0.399 e. The zero-order chi connectivity index (χ0) is 16.8. The molecule has 0 bridgehead atoms. The molecule has 0 atom stereocenters. The highest BCUT2D eigenvalue weighted by Gasteiger charge is 2.07. The predicted octanol–water partition coefficient (Wildman–Crippen LogP) is 2.34. The topological polar surface area (TPSA) is 91.8 Å². The lowest BCUT2D eigenvalue weighted by molar-refractivity contribution is 0.0499. The van der Waals surface area contributed by atoms with E-state index in [0.717, 1.165) is 12.8 Å². The Morgan fingerprint density at radius 2 is 1.82 bits per heavy atom. The number of esters is 1. The van der Waals surface area contributed by atoms with Gasteiger partial charge in [-0.2, -0.15) is 8.42 Å². The summed E-state index contributed by atoms with van der Waals surface area (Å²) in [6, 6.07) is 3.41. The van der Waals surface area contributed by atoms with Crippen LogP contribution in [0.4, 0.5) is 0 Å². The fourth-order valence-corrected chi connectivity index (χ4v) is 1.84. The zero-order valence-electron chi connectivity index (χ0n) is 13.1. The molecule has 8 heteroatoms. The molecule has 7 nitrogen and oxygen atoms in total. The summed E-state index contributed by atoms with van der Waals surface area (Å²) in [6.07, 6.45) is 5.07. The van der Waals surface area contributed by atoms with Gasteiger partial charge in [0.2, 0.25) is 0 Å². The largest absolute Gasteiger partial charge is 0.462 e. The molecule has 0 unspecified atom stereocenters. The molecule has 0 fully saturated rings. The first-order chi connectivity index (χ1) is 10.5. The molecule has 22 heavy (non-hydrogen) atoms. The Labute approximate surface area is 131 Å². The van der Waals surface area contributed by atoms with E-state index < -0.39 is 10.4 Å². The van der Waals surface area contributed by atoms with E-state index in [4.69, 9.17) is 4.74 Å². The third-order valence-electron chi connectivity index (χ3n) is 2.15. The van der Waals surface area contributed by atoms with Crippen LogP contribution in [0.2, 0.25) is 0 Å². The van der Waals surface area contributed by atoms with E-state index in [9.17, 15) is 13.2 Å². The molecule has 0 saturated carbocycles. The van der Waals surface area contributed by atoms with E-state index in [1.54, 1.807) is 32.2 Å². The van der Waals surface area contributed by atoms with Crippen LogP contribution in [0.25, 0.3) is 0 Å². The zero-order valence-corrected chi connectivity index (χ0v) is 14.0. The molecule has 0 aliphatic heterocycles. The fraction of sp³-hybridized carbons (Fsp3) is 0.571. The van der Waals surface area contributed by atoms with Crippen molar-refractivity contribution in [1.82, 2.24) is 4.98 Å². The number of rotatable bonds is 8. The maximum absolute atomic E-state index is 11.3. The van der Waals surface area contributed by atoms with Crippen molar-refractivity contribution in [3.05, 3.63) is 30.1 Å². The summed E-state index contributed by atoms with van der Waals surface area (Å²) in [5, 5.41) is 0. The predicted molar refractivity (Wildman–Crippen MR) is 81.6 cm³/mol. The van der Waals surface area contributed by atoms with Crippen molar-refractivity contribution in [2.75, 3.05) is 19.8 Å². The van der Waals surface area contributed by atoms with Crippen molar-refractivity contribution in [1.29, 1.82) is 0 Å². The van der Waals surface area contributed by atoms with Crippen LogP contribution in [-0.2, 0) is 23.5 Å². The van der Waals surface area contributed by atoms with Crippen LogP contribution >= 0.6 is 0 Å². The summed E-state index contributed by atoms with van der Waals surface area (Å²) in [6.45, 7) is 5.93. The first-order valence-corrected chi connectivity index (χ1v) is 8.41. The van der Waals surface area contributed by atoms with Gasteiger partial charge in [-0.1, -0.05) is 13.3 Å². The van der Waals surface area contributed by atoms with Gasteiger partial charge in [-0.15, -0.1) is 0 Å². The van der Waals surface area contributed by atoms with Crippen molar-refractivity contribution in [3.8, 4) is 0 Å². The molecule has 1 heterocycles. The number of ether oxygens (including phenoxy) is 1. The van der Waals surface area contributed by atoms with Crippen LogP contribution in [0.5, 0.6) is 0 Å². The van der Waals surface area contributed by atoms with E-state index in [1.165, 1.54) is 6.20 Å². The highest BCUT2D eigenvalue weighted by Crippen LogP contribution is 1.99. The average molecular weight is 333 g/mol. The molecular weight excluding hydrogens is 310 g/mol. The Morgan fingerprint density at radius 1 is 1.18 bits per heavy atom. The number of aromatic nitrogens is 1. The van der Waals surface area contributed by atoms with Gasteiger partial charge in [0.25, 0.3) is 0 Å². The SMILES string of the molecule is CCCCOC(=O)c1cccnc1.CCOS(=O)(=O)OCC.